The molecular weight excluding hydrogens is 418 g/mol. The van der Waals surface area contributed by atoms with Crippen molar-refractivity contribution in [2.24, 2.45) is 0 Å². The SMILES string of the molecule is CCc1cc(Br)ccc1OCC(=O)Nc1sc2c(c1C(=O)OC)CCC2. The van der Waals surface area contributed by atoms with Crippen molar-refractivity contribution in [3.8, 4) is 5.75 Å². The predicted molar refractivity (Wildman–Crippen MR) is 105 cm³/mol. The Balaban J connectivity index is 1.70. The number of amides is 1. The standard InChI is InChI=1S/C19H20BrNO4S/c1-3-11-9-12(20)7-8-14(11)25-10-16(22)21-18-17(19(23)24-2)13-5-4-6-15(13)26-18/h7-9H,3-6,10H2,1-2H3,(H,21,22). The van der Waals surface area contributed by atoms with E-state index in [2.05, 4.69) is 21.2 Å². The van der Waals surface area contributed by atoms with E-state index in [4.69, 9.17) is 9.47 Å². The molecule has 1 N–H and O–H groups in total. The quantitative estimate of drug-likeness (QED) is 0.681. The lowest BCUT2D eigenvalue weighted by atomic mass is 10.1. The van der Waals surface area contributed by atoms with Gasteiger partial charge in [0.15, 0.2) is 6.61 Å². The third-order valence-corrected chi connectivity index (χ3v) is 6.03. The van der Waals surface area contributed by atoms with Crippen molar-refractivity contribution in [1.29, 1.82) is 0 Å². The Morgan fingerprint density at radius 1 is 1.31 bits per heavy atom. The number of carbonyl (C=O) groups is 2. The van der Waals surface area contributed by atoms with Gasteiger partial charge in [-0.2, -0.15) is 0 Å². The van der Waals surface area contributed by atoms with Crippen LogP contribution in [0.25, 0.3) is 0 Å². The van der Waals surface area contributed by atoms with Crippen molar-refractivity contribution in [3.05, 3.63) is 44.2 Å². The normalized spacial score (nSPS) is 12.6. The number of nitrogens with one attached hydrogen (secondary N) is 1. The van der Waals surface area contributed by atoms with E-state index in [1.165, 1.54) is 18.4 Å². The van der Waals surface area contributed by atoms with E-state index in [1.54, 1.807) is 0 Å². The fourth-order valence-electron chi connectivity index (χ4n) is 3.08. The summed E-state index contributed by atoms with van der Waals surface area (Å²) in [6, 6.07) is 5.70. The lowest BCUT2D eigenvalue weighted by Crippen LogP contribution is -2.21. The van der Waals surface area contributed by atoms with E-state index >= 15 is 0 Å². The monoisotopic (exact) mass is 437 g/mol. The number of ether oxygens (including phenoxy) is 2. The molecule has 7 heteroatoms. The maximum Gasteiger partial charge on any atom is 0.341 e. The van der Waals surface area contributed by atoms with Crippen LogP contribution in [0.2, 0.25) is 0 Å². The molecule has 0 fully saturated rings. The number of hydrogen-bond donors (Lipinski definition) is 1. The van der Waals surface area contributed by atoms with E-state index in [0.717, 1.165) is 46.2 Å². The van der Waals surface area contributed by atoms with Crippen LogP contribution in [0, 0.1) is 0 Å². The molecule has 5 nitrogen and oxygen atoms in total. The zero-order valence-electron chi connectivity index (χ0n) is 14.7. The Kier molecular flexibility index (Phi) is 5.98. The minimum Gasteiger partial charge on any atom is -0.483 e. The van der Waals surface area contributed by atoms with Crippen molar-refractivity contribution < 1.29 is 19.1 Å². The first kappa shape index (κ1) is 18.9. The summed E-state index contributed by atoms with van der Waals surface area (Å²) in [5.74, 6) is -0.00504. The van der Waals surface area contributed by atoms with Gasteiger partial charge in [-0.1, -0.05) is 22.9 Å². The number of hydrogen-bond acceptors (Lipinski definition) is 5. The van der Waals surface area contributed by atoms with Crippen molar-refractivity contribution in [3.63, 3.8) is 0 Å². The molecule has 0 aliphatic heterocycles. The molecule has 2 aromatic rings. The molecule has 0 spiro atoms. The maximum atomic E-state index is 12.4. The maximum absolute atomic E-state index is 12.4. The van der Waals surface area contributed by atoms with E-state index in [0.29, 0.717) is 16.3 Å². The number of fused-ring (bicyclic) bond motifs is 1. The lowest BCUT2D eigenvalue weighted by molar-refractivity contribution is -0.118. The number of anilines is 1. The van der Waals surface area contributed by atoms with Crippen LogP contribution in [0.5, 0.6) is 5.75 Å². The van der Waals surface area contributed by atoms with E-state index in [9.17, 15) is 9.59 Å². The van der Waals surface area contributed by atoms with Crippen LogP contribution in [0.4, 0.5) is 5.00 Å². The summed E-state index contributed by atoms with van der Waals surface area (Å²) in [5.41, 5.74) is 2.54. The lowest BCUT2D eigenvalue weighted by Gasteiger charge is -2.11. The molecule has 0 saturated heterocycles. The molecule has 1 aromatic heterocycles. The summed E-state index contributed by atoms with van der Waals surface area (Å²) in [4.78, 5) is 25.6. The van der Waals surface area contributed by atoms with Crippen LogP contribution in [0.3, 0.4) is 0 Å². The number of methoxy groups -OCH3 is 1. The Hall–Kier alpha value is -1.86. The van der Waals surface area contributed by atoms with Crippen molar-refractivity contribution in [1.82, 2.24) is 0 Å². The number of halogens is 1. The molecule has 3 rings (SSSR count). The first-order valence-corrected chi connectivity index (χ1v) is 10.1. The second kappa shape index (κ2) is 8.22. The fourth-order valence-corrected chi connectivity index (χ4v) is 4.78. The Labute approximate surface area is 164 Å². The molecule has 138 valence electrons. The second-order valence-corrected chi connectivity index (χ2v) is 8.02. The Morgan fingerprint density at radius 3 is 2.85 bits per heavy atom. The summed E-state index contributed by atoms with van der Waals surface area (Å²) in [6.07, 6.45) is 3.63. The zero-order chi connectivity index (χ0) is 18.7. The largest absolute Gasteiger partial charge is 0.483 e. The summed E-state index contributed by atoms with van der Waals surface area (Å²) >= 11 is 4.89. The van der Waals surface area contributed by atoms with Crippen LogP contribution in [-0.2, 0) is 28.8 Å². The van der Waals surface area contributed by atoms with Crippen LogP contribution >= 0.6 is 27.3 Å². The molecule has 0 radical (unpaired) electrons. The van der Waals surface area contributed by atoms with Crippen LogP contribution in [-0.4, -0.2) is 25.6 Å². The van der Waals surface area contributed by atoms with Gasteiger partial charge in [0.25, 0.3) is 5.91 Å². The zero-order valence-corrected chi connectivity index (χ0v) is 17.1. The van der Waals surface area contributed by atoms with Gasteiger partial charge in [-0.15, -0.1) is 11.3 Å². The first-order chi connectivity index (χ1) is 12.5. The van der Waals surface area contributed by atoms with Gasteiger partial charge in [-0.3, -0.25) is 4.79 Å². The Morgan fingerprint density at radius 2 is 2.12 bits per heavy atom. The molecule has 26 heavy (non-hydrogen) atoms. The smallest absolute Gasteiger partial charge is 0.341 e. The van der Waals surface area contributed by atoms with Gasteiger partial charge in [0, 0.05) is 9.35 Å². The highest BCUT2D eigenvalue weighted by atomic mass is 79.9. The molecule has 0 atom stereocenters. The van der Waals surface area contributed by atoms with Gasteiger partial charge < -0.3 is 14.8 Å². The fraction of sp³-hybridized carbons (Fsp3) is 0.368. The van der Waals surface area contributed by atoms with Crippen LogP contribution in [0.1, 0.15) is 39.7 Å². The second-order valence-electron chi connectivity index (χ2n) is 6.00. The highest BCUT2D eigenvalue weighted by Crippen LogP contribution is 2.39. The van der Waals surface area contributed by atoms with E-state index < -0.39 is 5.97 Å². The van der Waals surface area contributed by atoms with Crippen molar-refractivity contribution in [2.45, 2.75) is 32.6 Å². The van der Waals surface area contributed by atoms with Gasteiger partial charge >= 0.3 is 5.97 Å². The third kappa shape index (κ3) is 3.94. The van der Waals surface area contributed by atoms with E-state index in [-0.39, 0.29) is 12.5 Å². The van der Waals surface area contributed by atoms with Gasteiger partial charge in [0.1, 0.15) is 10.8 Å². The highest BCUT2D eigenvalue weighted by Gasteiger charge is 2.28. The van der Waals surface area contributed by atoms with Crippen molar-refractivity contribution in [2.75, 3.05) is 19.0 Å². The van der Waals surface area contributed by atoms with Gasteiger partial charge in [0.2, 0.25) is 0 Å². The number of benzene rings is 1. The summed E-state index contributed by atoms with van der Waals surface area (Å²) < 4.78 is 11.5. The van der Waals surface area contributed by atoms with Gasteiger partial charge in [-0.05, 0) is 55.0 Å². The minimum atomic E-state index is -0.401. The Bertz CT molecular complexity index is 846. The van der Waals surface area contributed by atoms with Gasteiger partial charge in [-0.25, -0.2) is 4.79 Å². The molecular formula is C19H20BrNO4S. The molecule has 1 amide bonds. The molecule has 0 bridgehead atoms. The predicted octanol–water partition coefficient (Wildman–Crippen LogP) is 4.37. The number of esters is 1. The third-order valence-electron chi connectivity index (χ3n) is 4.33. The van der Waals surface area contributed by atoms with Crippen LogP contribution < -0.4 is 10.1 Å². The number of aryl methyl sites for hydroxylation is 2. The molecule has 0 unspecified atom stereocenters. The summed E-state index contributed by atoms with van der Waals surface area (Å²) in [7, 11) is 1.36. The van der Waals surface area contributed by atoms with Gasteiger partial charge in [0.05, 0.1) is 12.7 Å². The number of thiophene rings is 1. The average molecular weight is 438 g/mol. The molecule has 1 aliphatic rings. The molecule has 1 heterocycles. The van der Waals surface area contributed by atoms with E-state index in [1.807, 2.05) is 25.1 Å². The average Bonchev–Trinajstić information content (AvgIpc) is 3.20. The first-order valence-electron chi connectivity index (χ1n) is 8.47. The number of rotatable bonds is 6. The number of carbonyl (C=O) groups excluding carboxylic acids is 2. The molecule has 1 aromatic carbocycles. The molecule has 1 aliphatic carbocycles. The molecule has 0 saturated carbocycles. The van der Waals surface area contributed by atoms with Crippen LogP contribution in [0.15, 0.2) is 22.7 Å². The topological polar surface area (TPSA) is 64.6 Å². The highest BCUT2D eigenvalue weighted by molar-refractivity contribution is 9.10. The summed E-state index contributed by atoms with van der Waals surface area (Å²) in [6.45, 7) is 1.92. The van der Waals surface area contributed by atoms with Crippen molar-refractivity contribution >= 4 is 44.1 Å². The minimum absolute atomic E-state index is 0.113. The summed E-state index contributed by atoms with van der Waals surface area (Å²) in [5, 5.41) is 3.38.